The van der Waals surface area contributed by atoms with Crippen LogP contribution >= 0.6 is 0 Å². The normalized spacial score (nSPS) is 12.3. The molecule has 1 heterocycles. The van der Waals surface area contributed by atoms with Gasteiger partial charge < -0.3 is 14.6 Å². The molecule has 0 fully saturated rings. The van der Waals surface area contributed by atoms with E-state index in [1.807, 2.05) is 18.2 Å². The number of fused-ring (bicyclic) bond motifs is 1. The number of aromatic nitrogens is 1. The Balaban J connectivity index is 1.71. The number of hydrogen-bond acceptors (Lipinski definition) is 4. The molecule has 0 radical (unpaired) electrons. The van der Waals surface area contributed by atoms with Crippen molar-refractivity contribution in [3.8, 4) is 5.75 Å². The van der Waals surface area contributed by atoms with Crippen LogP contribution in [-0.2, 0) is 11.2 Å². The van der Waals surface area contributed by atoms with E-state index in [1.54, 1.807) is 31.2 Å². The number of para-hydroxylation sites is 2. The average Bonchev–Trinajstić information content (AvgIpc) is 2.98. The minimum Gasteiger partial charge on any atom is -0.434 e. The predicted molar refractivity (Wildman–Crippen MR) is 87.3 cm³/mol. The number of nitrogens with one attached hydrogen (secondary N) is 1. The van der Waals surface area contributed by atoms with Crippen LogP contribution in [0.15, 0.2) is 53.1 Å². The molecule has 5 nitrogen and oxygen atoms in total. The lowest BCUT2D eigenvalue weighted by Crippen LogP contribution is -2.28. The van der Waals surface area contributed by atoms with Crippen molar-refractivity contribution in [2.75, 3.05) is 0 Å². The van der Waals surface area contributed by atoms with E-state index in [0.717, 1.165) is 5.39 Å². The fourth-order valence-corrected chi connectivity index (χ4v) is 2.63. The Kier molecular flexibility index (Phi) is 4.92. The first-order valence-electron chi connectivity index (χ1n) is 7.71. The lowest BCUT2D eigenvalue weighted by molar-refractivity contribution is -0.121. The summed E-state index contributed by atoms with van der Waals surface area (Å²) in [4.78, 5) is 12.3. The summed E-state index contributed by atoms with van der Waals surface area (Å²) in [6, 6.07) is 13.1. The van der Waals surface area contributed by atoms with Gasteiger partial charge in [0.05, 0.1) is 12.5 Å². The fraction of sp³-hybridized carbons (Fsp3) is 0.222. The van der Waals surface area contributed by atoms with Crippen LogP contribution in [0.25, 0.3) is 11.0 Å². The van der Waals surface area contributed by atoms with Gasteiger partial charge in [-0.3, -0.25) is 4.79 Å². The molecular formula is C18H16F2N2O3. The van der Waals surface area contributed by atoms with Crippen LogP contribution in [0.3, 0.4) is 0 Å². The Morgan fingerprint density at radius 3 is 2.72 bits per heavy atom. The Morgan fingerprint density at radius 1 is 1.20 bits per heavy atom. The summed E-state index contributed by atoms with van der Waals surface area (Å²) in [6.07, 6.45) is 0.0270. The summed E-state index contributed by atoms with van der Waals surface area (Å²) in [7, 11) is 0. The number of hydrogen-bond donors (Lipinski definition) is 1. The Labute approximate surface area is 142 Å². The third kappa shape index (κ3) is 3.93. The molecule has 0 spiro atoms. The van der Waals surface area contributed by atoms with Gasteiger partial charge in [-0.25, -0.2) is 0 Å². The third-order valence-electron chi connectivity index (χ3n) is 3.76. The topological polar surface area (TPSA) is 64.4 Å². The zero-order valence-corrected chi connectivity index (χ0v) is 13.4. The number of benzene rings is 2. The smallest absolute Gasteiger partial charge is 0.387 e. The second-order valence-electron chi connectivity index (χ2n) is 5.51. The number of nitrogens with zero attached hydrogens (tertiary/aromatic N) is 1. The van der Waals surface area contributed by atoms with Crippen molar-refractivity contribution in [2.45, 2.75) is 26.0 Å². The van der Waals surface area contributed by atoms with Crippen LogP contribution in [0.1, 0.15) is 24.2 Å². The number of carbonyl (C=O) groups excluding carboxylic acids is 1. The van der Waals surface area contributed by atoms with Gasteiger partial charge in [0.2, 0.25) is 5.91 Å². The highest BCUT2D eigenvalue weighted by molar-refractivity contribution is 5.86. The predicted octanol–water partition coefficient (Wildman–Crippen LogP) is 3.85. The molecule has 0 aliphatic rings. The van der Waals surface area contributed by atoms with Crippen molar-refractivity contribution in [2.24, 2.45) is 0 Å². The van der Waals surface area contributed by atoms with Gasteiger partial charge in [-0.2, -0.15) is 8.78 Å². The summed E-state index contributed by atoms with van der Waals surface area (Å²) in [5, 5.41) is 7.45. The first-order chi connectivity index (χ1) is 12.0. The second-order valence-corrected chi connectivity index (χ2v) is 5.51. The molecule has 0 unspecified atom stereocenters. The molecule has 1 N–H and O–H groups in total. The molecule has 1 amide bonds. The third-order valence-corrected chi connectivity index (χ3v) is 3.76. The number of alkyl halides is 2. The molecule has 7 heteroatoms. The number of amides is 1. The zero-order valence-electron chi connectivity index (χ0n) is 13.4. The van der Waals surface area contributed by atoms with E-state index in [0.29, 0.717) is 16.8 Å². The van der Waals surface area contributed by atoms with Gasteiger partial charge in [0.1, 0.15) is 11.4 Å². The van der Waals surface area contributed by atoms with E-state index >= 15 is 0 Å². The maximum atomic E-state index is 12.5. The highest BCUT2D eigenvalue weighted by atomic mass is 19.3. The van der Waals surface area contributed by atoms with Crippen LogP contribution < -0.4 is 10.1 Å². The van der Waals surface area contributed by atoms with Crippen LogP contribution in [0.2, 0.25) is 0 Å². The Bertz CT molecular complexity index is 879. The number of halogens is 2. The maximum Gasteiger partial charge on any atom is 0.387 e. The molecular weight excluding hydrogens is 330 g/mol. The Morgan fingerprint density at radius 2 is 1.92 bits per heavy atom. The maximum absolute atomic E-state index is 12.5. The van der Waals surface area contributed by atoms with Gasteiger partial charge in [0.25, 0.3) is 0 Å². The van der Waals surface area contributed by atoms with Gasteiger partial charge >= 0.3 is 6.61 Å². The van der Waals surface area contributed by atoms with Crippen LogP contribution in [0, 0.1) is 0 Å². The fourth-order valence-electron chi connectivity index (χ4n) is 2.63. The van der Waals surface area contributed by atoms with Crippen LogP contribution in [0.5, 0.6) is 5.75 Å². The van der Waals surface area contributed by atoms with Gasteiger partial charge in [-0.1, -0.05) is 35.5 Å². The van der Waals surface area contributed by atoms with E-state index in [9.17, 15) is 13.6 Å². The SMILES string of the molecule is C[C@@H](NC(=O)Cc1noc2ccccc12)c1ccccc1OC(F)F. The van der Waals surface area contributed by atoms with Crippen LogP contribution in [0.4, 0.5) is 8.78 Å². The minimum absolute atomic E-state index is 0.0270. The van der Waals surface area contributed by atoms with E-state index in [-0.39, 0.29) is 18.1 Å². The molecule has 3 aromatic rings. The van der Waals surface area contributed by atoms with Gasteiger partial charge in [-0.15, -0.1) is 0 Å². The Hall–Kier alpha value is -2.96. The second kappa shape index (κ2) is 7.29. The highest BCUT2D eigenvalue weighted by Gasteiger charge is 2.18. The van der Waals surface area contributed by atoms with Gasteiger partial charge in [-0.05, 0) is 25.1 Å². The summed E-state index contributed by atoms with van der Waals surface area (Å²) >= 11 is 0. The number of rotatable bonds is 6. The summed E-state index contributed by atoms with van der Waals surface area (Å²) in [5.41, 5.74) is 1.60. The first kappa shape index (κ1) is 16.9. The summed E-state index contributed by atoms with van der Waals surface area (Å²) < 4.78 is 34.7. The summed E-state index contributed by atoms with van der Waals surface area (Å²) in [6.45, 7) is -1.22. The van der Waals surface area contributed by atoms with Crippen LogP contribution in [-0.4, -0.2) is 17.7 Å². The molecule has 0 bridgehead atoms. The molecule has 1 aromatic heterocycles. The van der Waals surface area contributed by atoms with Crippen molar-refractivity contribution in [3.05, 3.63) is 59.8 Å². The molecule has 0 aliphatic carbocycles. The zero-order chi connectivity index (χ0) is 17.8. The van der Waals surface area contributed by atoms with Crippen molar-refractivity contribution in [3.63, 3.8) is 0 Å². The van der Waals surface area contributed by atoms with Crippen molar-refractivity contribution in [1.82, 2.24) is 10.5 Å². The van der Waals surface area contributed by atoms with Gasteiger partial charge in [0.15, 0.2) is 5.58 Å². The first-order valence-corrected chi connectivity index (χ1v) is 7.71. The molecule has 0 saturated carbocycles. The molecule has 0 saturated heterocycles. The van der Waals surface area contributed by atoms with E-state index in [2.05, 4.69) is 15.2 Å². The van der Waals surface area contributed by atoms with Gasteiger partial charge in [0, 0.05) is 10.9 Å². The van der Waals surface area contributed by atoms with Crippen molar-refractivity contribution >= 4 is 16.9 Å². The average molecular weight is 346 g/mol. The standard InChI is InChI=1S/C18H16F2N2O3/c1-11(12-6-2-4-8-15(12)24-18(19)20)21-17(23)10-14-13-7-3-5-9-16(13)25-22-14/h2-9,11,18H,10H2,1H3,(H,21,23)/t11-/m1/s1. The van der Waals surface area contributed by atoms with Crippen molar-refractivity contribution in [1.29, 1.82) is 0 Å². The lowest BCUT2D eigenvalue weighted by atomic mass is 10.1. The van der Waals surface area contributed by atoms with Crippen molar-refractivity contribution < 1.29 is 22.8 Å². The number of carbonyl (C=O) groups is 1. The molecule has 0 aliphatic heterocycles. The minimum atomic E-state index is -2.93. The molecule has 1 atom stereocenters. The largest absolute Gasteiger partial charge is 0.434 e. The molecule has 2 aromatic carbocycles. The monoisotopic (exact) mass is 346 g/mol. The number of ether oxygens (including phenoxy) is 1. The van der Waals surface area contributed by atoms with E-state index < -0.39 is 12.7 Å². The quantitative estimate of drug-likeness (QED) is 0.736. The molecule has 130 valence electrons. The lowest BCUT2D eigenvalue weighted by Gasteiger charge is -2.17. The summed E-state index contributed by atoms with van der Waals surface area (Å²) in [5.74, 6) is -0.254. The molecule has 25 heavy (non-hydrogen) atoms. The highest BCUT2D eigenvalue weighted by Crippen LogP contribution is 2.26. The molecule has 3 rings (SSSR count). The van der Waals surface area contributed by atoms with E-state index in [1.165, 1.54) is 6.07 Å². The van der Waals surface area contributed by atoms with E-state index in [4.69, 9.17) is 4.52 Å².